The van der Waals surface area contributed by atoms with E-state index < -0.39 is 5.97 Å². The van der Waals surface area contributed by atoms with Crippen molar-refractivity contribution in [1.29, 1.82) is 5.26 Å². The van der Waals surface area contributed by atoms with Crippen molar-refractivity contribution < 1.29 is 14.3 Å². The molecule has 0 spiro atoms. The molecule has 0 saturated carbocycles. The monoisotopic (exact) mass is 352 g/mol. The maximum absolute atomic E-state index is 11.7. The van der Waals surface area contributed by atoms with Crippen LogP contribution >= 0.6 is 0 Å². The zero-order valence-corrected chi connectivity index (χ0v) is 14.5. The van der Waals surface area contributed by atoms with E-state index in [2.05, 4.69) is 5.10 Å². The van der Waals surface area contributed by atoms with Gasteiger partial charge in [-0.25, -0.2) is 4.79 Å². The Morgan fingerprint density at radius 3 is 2.85 bits per heavy atom. The molecule has 0 aliphatic heterocycles. The van der Waals surface area contributed by atoms with Gasteiger partial charge < -0.3 is 9.64 Å². The van der Waals surface area contributed by atoms with Gasteiger partial charge in [0.05, 0.1) is 25.2 Å². The van der Waals surface area contributed by atoms with Crippen molar-refractivity contribution in [3.8, 4) is 6.07 Å². The highest BCUT2D eigenvalue weighted by molar-refractivity contribution is 5.89. The molecular formula is C19H20N4O3. The minimum absolute atomic E-state index is 0.239. The fourth-order valence-electron chi connectivity index (χ4n) is 2.12. The van der Waals surface area contributed by atoms with E-state index in [0.29, 0.717) is 13.1 Å². The molecule has 0 atom stereocenters. The minimum atomic E-state index is -0.608. The number of benzene rings is 1. The number of likely N-dealkylation sites (N-methyl/N-ethyl adjacent to an activating group) is 1. The first kappa shape index (κ1) is 18.9. The third-order valence-corrected chi connectivity index (χ3v) is 3.58. The highest BCUT2D eigenvalue weighted by Gasteiger charge is 2.10. The van der Waals surface area contributed by atoms with E-state index in [1.165, 1.54) is 11.0 Å². The lowest BCUT2D eigenvalue weighted by atomic mass is 10.2. The smallest absolute Gasteiger partial charge is 0.331 e. The van der Waals surface area contributed by atoms with Gasteiger partial charge in [-0.3, -0.25) is 9.48 Å². The lowest BCUT2D eigenvalue weighted by Gasteiger charge is -2.14. The summed E-state index contributed by atoms with van der Waals surface area (Å²) in [6.45, 7) is 0.602. The normalized spacial score (nSPS) is 10.5. The number of aromatic nitrogens is 2. The summed E-state index contributed by atoms with van der Waals surface area (Å²) in [7, 11) is 1.56. The number of nitrogens with zero attached hydrogens (tertiary/aromatic N) is 4. The van der Waals surface area contributed by atoms with Crippen molar-refractivity contribution in [2.45, 2.75) is 13.0 Å². The maximum atomic E-state index is 11.7. The number of amides is 1. The molecule has 26 heavy (non-hydrogen) atoms. The molecule has 0 aliphatic rings. The number of esters is 1. The molecule has 1 aromatic heterocycles. The van der Waals surface area contributed by atoms with Crippen molar-refractivity contribution >= 4 is 18.0 Å². The summed E-state index contributed by atoms with van der Waals surface area (Å²) in [6, 6.07) is 11.9. The molecule has 1 amide bonds. The number of rotatable bonds is 8. The SMILES string of the molecule is CN(CCC#N)C(=O)COC(=O)/C=C/c1cnn(Cc2ccccc2)c1. The molecule has 0 N–H and O–H groups in total. The standard InChI is InChI=1S/C19H20N4O3/c1-22(11-5-10-20)18(24)15-26-19(25)9-8-17-12-21-23(14-17)13-16-6-3-2-4-7-16/h2-4,6-9,12,14H,5,11,13,15H2,1H3/b9-8+. The molecule has 134 valence electrons. The predicted octanol–water partition coefficient (Wildman–Crippen LogP) is 1.86. The van der Waals surface area contributed by atoms with Crippen LogP contribution in [0.4, 0.5) is 0 Å². The van der Waals surface area contributed by atoms with E-state index >= 15 is 0 Å². The number of hydrogen-bond acceptors (Lipinski definition) is 5. The van der Waals surface area contributed by atoms with E-state index in [1.807, 2.05) is 42.6 Å². The second-order valence-corrected chi connectivity index (χ2v) is 5.62. The summed E-state index contributed by atoms with van der Waals surface area (Å²) < 4.78 is 6.67. The number of carbonyl (C=O) groups is 2. The van der Waals surface area contributed by atoms with Gasteiger partial charge in [0.15, 0.2) is 6.61 Å². The van der Waals surface area contributed by atoms with Crippen LogP contribution in [0.25, 0.3) is 6.08 Å². The Labute approximate surface area is 152 Å². The van der Waals surface area contributed by atoms with E-state index in [9.17, 15) is 9.59 Å². The van der Waals surface area contributed by atoms with Crippen LogP contribution in [0.3, 0.4) is 0 Å². The van der Waals surface area contributed by atoms with Crippen LogP contribution in [0.1, 0.15) is 17.5 Å². The third-order valence-electron chi connectivity index (χ3n) is 3.58. The van der Waals surface area contributed by atoms with E-state index in [-0.39, 0.29) is 18.9 Å². The Morgan fingerprint density at radius 1 is 1.35 bits per heavy atom. The topological polar surface area (TPSA) is 88.2 Å². The number of nitriles is 1. The summed E-state index contributed by atoms with van der Waals surface area (Å²) in [5.74, 6) is -0.958. The third kappa shape index (κ3) is 6.24. The Kier molecular flexibility index (Phi) is 7.13. The van der Waals surface area contributed by atoms with Gasteiger partial charge in [-0.2, -0.15) is 10.4 Å². The number of ether oxygens (including phenoxy) is 1. The highest BCUT2D eigenvalue weighted by Crippen LogP contribution is 2.05. The Balaban J connectivity index is 1.79. The van der Waals surface area contributed by atoms with Crippen LogP contribution in [-0.4, -0.2) is 46.8 Å². The van der Waals surface area contributed by atoms with Crippen LogP contribution in [0.5, 0.6) is 0 Å². The second kappa shape index (κ2) is 9.79. The van der Waals surface area contributed by atoms with E-state index in [4.69, 9.17) is 10.00 Å². The molecule has 0 radical (unpaired) electrons. The molecule has 7 heteroatoms. The van der Waals surface area contributed by atoms with Gasteiger partial charge in [0, 0.05) is 31.4 Å². The molecule has 0 aliphatic carbocycles. The number of carbonyl (C=O) groups excluding carboxylic acids is 2. The molecular weight excluding hydrogens is 332 g/mol. The van der Waals surface area contributed by atoms with Crippen molar-refractivity contribution in [1.82, 2.24) is 14.7 Å². The Bertz CT molecular complexity index is 806. The predicted molar refractivity (Wildman–Crippen MR) is 95.6 cm³/mol. The van der Waals surface area contributed by atoms with Gasteiger partial charge in [0.2, 0.25) is 0 Å². The van der Waals surface area contributed by atoms with Crippen LogP contribution in [0, 0.1) is 11.3 Å². The minimum Gasteiger partial charge on any atom is -0.452 e. The highest BCUT2D eigenvalue weighted by atomic mass is 16.5. The quantitative estimate of drug-likeness (QED) is 0.534. The number of hydrogen-bond donors (Lipinski definition) is 0. The lowest BCUT2D eigenvalue weighted by Crippen LogP contribution is -2.31. The van der Waals surface area contributed by atoms with Crippen molar-refractivity contribution in [3.63, 3.8) is 0 Å². The fourth-order valence-corrected chi connectivity index (χ4v) is 2.12. The molecule has 1 heterocycles. The summed E-state index contributed by atoms with van der Waals surface area (Å²) in [4.78, 5) is 24.8. The molecule has 0 fully saturated rings. The first-order chi connectivity index (χ1) is 12.6. The van der Waals surface area contributed by atoms with Crippen LogP contribution in [0.15, 0.2) is 48.8 Å². The molecule has 2 rings (SSSR count). The van der Waals surface area contributed by atoms with Crippen molar-refractivity contribution in [2.75, 3.05) is 20.2 Å². The molecule has 1 aromatic carbocycles. The summed E-state index contributed by atoms with van der Waals surface area (Å²) in [5.41, 5.74) is 1.89. The van der Waals surface area contributed by atoms with Gasteiger partial charge in [-0.1, -0.05) is 30.3 Å². The van der Waals surface area contributed by atoms with E-state index in [1.54, 1.807) is 24.0 Å². The maximum Gasteiger partial charge on any atom is 0.331 e. The summed E-state index contributed by atoms with van der Waals surface area (Å²) in [5, 5.41) is 12.7. The molecule has 0 unspecified atom stereocenters. The lowest BCUT2D eigenvalue weighted by molar-refractivity contribution is -0.147. The molecule has 0 bridgehead atoms. The first-order valence-electron chi connectivity index (χ1n) is 8.10. The van der Waals surface area contributed by atoms with Gasteiger partial charge in [0.1, 0.15) is 0 Å². The zero-order chi connectivity index (χ0) is 18.8. The first-order valence-corrected chi connectivity index (χ1v) is 8.10. The van der Waals surface area contributed by atoms with Gasteiger partial charge >= 0.3 is 5.97 Å². The Hall–Kier alpha value is -3.40. The van der Waals surface area contributed by atoms with Crippen LogP contribution in [-0.2, 0) is 20.9 Å². The average Bonchev–Trinajstić information content (AvgIpc) is 3.10. The van der Waals surface area contributed by atoms with Crippen molar-refractivity contribution in [3.05, 3.63) is 59.9 Å². The zero-order valence-electron chi connectivity index (χ0n) is 14.5. The largest absolute Gasteiger partial charge is 0.452 e. The van der Waals surface area contributed by atoms with E-state index in [0.717, 1.165) is 11.1 Å². The second-order valence-electron chi connectivity index (χ2n) is 5.62. The van der Waals surface area contributed by atoms with Gasteiger partial charge in [-0.15, -0.1) is 0 Å². The fraction of sp³-hybridized carbons (Fsp3) is 0.263. The molecule has 0 saturated heterocycles. The average molecular weight is 352 g/mol. The van der Waals surface area contributed by atoms with Crippen LogP contribution < -0.4 is 0 Å². The molecule has 7 nitrogen and oxygen atoms in total. The summed E-state index contributed by atoms with van der Waals surface area (Å²) in [6.07, 6.45) is 6.54. The Morgan fingerprint density at radius 2 is 2.12 bits per heavy atom. The van der Waals surface area contributed by atoms with Gasteiger partial charge in [-0.05, 0) is 11.6 Å². The van der Waals surface area contributed by atoms with Crippen molar-refractivity contribution in [2.24, 2.45) is 0 Å². The van der Waals surface area contributed by atoms with Gasteiger partial charge in [0.25, 0.3) is 5.91 Å². The molecule has 2 aromatic rings. The summed E-state index contributed by atoms with van der Waals surface area (Å²) >= 11 is 0. The van der Waals surface area contributed by atoms with Crippen LogP contribution in [0.2, 0.25) is 0 Å².